The maximum Gasteiger partial charge on any atom is 0.209 e. The molecule has 0 saturated carbocycles. The number of aromatic nitrogens is 3. The van der Waals surface area contributed by atoms with Crippen molar-refractivity contribution in [3.8, 4) is 0 Å². The number of benzene rings is 2. The Labute approximate surface area is 151 Å². The summed E-state index contributed by atoms with van der Waals surface area (Å²) in [7, 11) is 0. The molecule has 4 nitrogen and oxygen atoms in total. The van der Waals surface area contributed by atoms with Gasteiger partial charge in [0.25, 0.3) is 0 Å². The maximum absolute atomic E-state index is 12.3. The van der Waals surface area contributed by atoms with E-state index in [-0.39, 0.29) is 5.78 Å². The van der Waals surface area contributed by atoms with Crippen molar-refractivity contribution in [3.05, 3.63) is 76.6 Å². The van der Waals surface area contributed by atoms with Gasteiger partial charge in [0.1, 0.15) is 5.82 Å². The Morgan fingerprint density at radius 1 is 1.08 bits per heavy atom. The Kier molecular flexibility index (Phi) is 5.46. The average molecular weight is 349 g/mol. The van der Waals surface area contributed by atoms with Crippen molar-refractivity contribution in [3.63, 3.8) is 0 Å². The number of nitrogens with one attached hydrogen (secondary N) is 1. The van der Waals surface area contributed by atoms with E-state index in [1.165, 1.54) is 17.3 Å². The smallest absolute Gasteiger partial charge is 0.209 e. The van der Waals surface area contributed by atoms with Crippen molar-refractivity contribution in [2.75, 3.05) is 5.75 Å². The van der Waals surface area contributed by atoms with Crippen molar-refractivity contribution < 1.29 is 4.79 Å². The lowest BCUT2D eigenvalue weighted by molar-refractivity contribution is 0.102. The van der Waals surface area contributed by atoms with E-state index < -0.39 is 0 Å². The maximum atomic E-state index is 12.3. The molecular weight excluding hydrogens is 330 g/mol. The Morgan fingerprint density at radius 2 is 1.88 bits per heavy atom. The summed E-state index contributed by atoms with van der Waals surface area (Å²) in [6, 6.07) is 15.8. The zero-order chi connectivity index (χ0) is 17.6. The number of rotatable bonds is 6. The van der Waals surface area contributed by atoms with E-state index in [2.05, 4.69) is 15.2 Å². The van der Waals surface area contributed by atoms with Crippen LogP contribution in [0.4, 0.5) is 0 Å². The molecule has 0 amide bonds. The van der Waals surface area contributed by atoms with E-state index in [4.69, 9.17) is 0 Å². The predicted octanol–water partition coefficient (Wildman–Crippen LogP) is 4.57. The van der Waals surface area contributed by atoms with E-state index in [1.807, 2.05) is 74.5 Å². The molecule has 2 aromatic carbocycles. The molecule has 1 N–H and O–H groups in total. The van der Waals surface area contributed by atoms with Gasteiger partial charge in [-0.05, 0) is 42.7 Å². The summed E-state index contributed by atoms with van der Waals surface area (Å²) in [5.41, 5.74) is 4.14. The van der Waals surface area contributed by atoms with Gasteiger partial charge < -0.3 is 0 Å². The molecule has 1 aromatic heterocycles. The fourth-order valence-corrected chi connectivity index (χ4v) is 2.96. The van der Waals surface area contributed by atoms with Crippen molar-refractivity contribution in [2.24, 2.45) is 0 Å². The molecule has 3 rings (SSSR count). The number of hydrogen-bond donors (Lipinski definition) is 1. The molecule has 0 atom stereocenters. The van der Waals surface area contributed by atoms with Crippen LogP contribution in [0.5, 0.6) is 0 Å². The van der Waals surface area contributed by atoms with Crippen molar-refractivity contribution >= 4 is 29.7 Å². The van der Waals surface area contributed by atoms with E-state index >= 15 is 0 Å². The number of carbonyl (C=O) groups excluding carboxylic acids is 1. The van der Waals surface area contributed by atoms with E-state index in [9.17, 15) is 4.79 Å². The molecule has 0 unspecified atom stereocenters. The van der Waals surface area contributed by atoms with Gasteiger partial charge in [0.2, 0.25) is 5.16 Å². The molecule has 0 spiro atoms. The quantitative estimate of drug-likeness (QED) is 0.523. The summed E-state index contributed by atoms with van der Waals surface area (Å²) in [6.45, 7) is 4.05. The van der Waals surface area contributed by atoms with Gasteiger partial charge >= 0.3 is 0 Å². The zero-order valence-corrected chi connectivity index (χ0v) is 15.0. The van der Waals surface area contributed by atoms with Crippen LogP contribution < -0.4 is 0 Å². The second-order valence-corrected chi connectivity index (χ2v) is 6.70. The molecule has 25 heavy (non-hydrogen) atoms. The lowest BCUT2D eigenvalue weighted by Gasteiger charge is -2.03. The highest BCUT2D eigenvalue weighted by Crippen LogP contribution is 2.17. The molecule has 1 heterocycles. The highest BCUT2D eigenvalue weighted by atomic mass is 32.2. The lowest BCUT2D eigenvalue weighted by Crippen LogP contribution is -2.03. The minimum atomic E-state index is 0.0827. The van der Waals surface area contributed by atoms with Crippen LogP contribution in [0.1, 0.15) is 32.9 Å². The normalized spacial score (nSPS) is 11.1. The molecule has 0 radical (unpaired) electrons. The van der Waals surface area contributed by atoms with E-state index in [0.29, 0.717) is 16.7 Å². The average Bonchev–Trinajstić information content (AvgIpc) is 3.09. The molecule has 5 heteroatoms. The van der Waals surface area contributed by atoms with Crippen molar-refractivity contribution in [1.82, 2.24) is 15.2 Å². The summed E-state index contributed by atoms with van der Waals surface area (Å²) in [5.74, 6) is 1.08. The molecular formula is C20H19N3OS. The van der Waals surface area contributed by atoms with Gasteiger partial charge in [-0.2, -0.15) is 0 Å². The first kappa shape index (κ1) is 17.2. The molecule has 0 aliphatic carbocycles. The third kappa shape index (κ3) is 4.67. The standard InChI is InChI=1S/C20H19N3OS/c1-14-8-10-17(12-15(14)2)18(24)13-25-20-21-19(22-23-20)11-9-16-6-4-3-5-7-16/h3-12H,13H2,1-2H3,(H,21,22,23)/b11-9+. The van der Waals surface area contributed by atoms with Gasteiger partial charge in [0, 0.05) is 5.56 Å². The van der Waals surface area contributed by atoms with Gasteiger partial charge in [0.15, 0.2) is 5.78 Å². The van der Waals surface area contributed by atoms with Gasteiger partial charge in [-0.3, -0.25) is 9.89 Å². The number of aromatic amines is 1. The second-order valence-electron chi connectivity index (χ2n) is 5.76. The van der Waals surface area contributed by atoms with Gasteiger partial charge in [0.05, 0.1) is 5.75 Å². The highest BCUT2D eigenvalue weighted by Gasteiger charge is 2.10. The fraction of sp³-hybridized carbons (Fsp3) is 0.150. The van der Waals surface area contributed by atoms with Crippen LogP contribution in [-0.2, 0) is 0 Å². The number of ketones is 1. The Bertz CT molecular complexity index is 900. The SMILES string of the molecule is Cc1ccc(C(=O)CSc2n[nH]c(/C=C/c3ccccc3)n2)cc1C. The second kappa shape index (κ2) is 7.94. The topological polar surface area (TPSA) is 58.6 Å². The summed E-state index contributed by atoms with van der Waals surface area (Å²) >= 11 is 1.34. The van der Waals surface area contributed by atoms with Crippen LogP contribution >= 0.6 is 11.8 Å². The van der Waals surface area contributed by atoms with E-state index in [1.54, 1.807) is 0 Å². The van der Waals surface area contributed by atoms with Crippen LogP contribution in [0.2, 0.25) is 0 Å². The molecule has 126 valence electrons. The first-order chi connectivity index (χ1) is 12.1. The predicted molar refractivity (Wildman–Crippen MR) is 103 cm³/mol. The minimum Gasteiger partial charge on any atom is -0.293 e. The number of hydrogen-bond acceptors (Lipinski definition) is 4. The number of Topliss-reactive ketones (excluding diaryl/α,β-unsaturated/α-hetero) is 1. The van der Waals surface area contributed by atoms with Crippen LogP contribution in [0.15, 0.2) is 53.7 Å². The number of thioether (sulfide) groups is 1. The largest absolute Gasteiger partial charge is 0.293 e. The Morgan fingerprint density at radius 3 is 2.64 bits per heavy atom. The summed E-state index contributed by atoms with van der Waals surface area (Å²) in [4.78, 5) is 16.7. The van der Waals surface area contributed by atoms with E-state index in [0.717, 1.165) is 16.7 Å². The van der Waals surface area contributed by atoms with Crippen LogP contribution in [0.25, 0.3) is 12.2 Å². The fourth-order valence-electron chi connectivity index (χ4n) is 2.26. The van der Waals surface area contributed by atoms with Gasteiger partial charge in [-0.1, -0.05) is 60.3 Å². The van der Waals surface area contributed by atoms with Gasteiger partial charge in [-0.25, -0.2) is 4.98 Å². The van der Waals surface area contributed by atoms with Crippen LogP contribution in [-0.4, -0.2) is 26.7 Å². The Balaban J connectivity index is 1.59. The first-order valence-corrected chi connectivity index (χ1v) is 8.99. The minimum absolute atomic E-state index is 0.0827. The monoisotopic (exact) mass is 349 g/mol. The number of nitrogens with zero attached hydrogens (tertiary/aromatic N) is 2. The first-order valence-electron chi connectivity index (χ1n) is 8.00. The summed E-state index contributed by atoms with van der Waals surface area (Å²) in [5, 5.41) is 7.60. The lowest BCUT2D eigenvalue weighted by atomic mass is 10.0. The molecule has 0 fully saturated rings. The zero-order valence-electron chi connectivity index (χ0n) is 14.2. The highest BCUT2D eigenvalue weighted by molar-refractivity contribution is 7.99. The molecule has 0 bridgehead atoms. The van der Waals surface area contributed by atoms with Crippen LogP contribution in [0, 0.1) is 13.8 Å². The number of aryl methyl sites for hydroxylation is 2. The third-order valence-corrected chi connectivity index (χ3v) is 4.72. The number of H-pyrrole nitrogens is 1. The van der Waals surface area contributed by atoms with Crippen LogP contribution in [0.3, 0.4) is 0 Å². The molecule has 0 aliphatic heterocycles. The summed E-state index contributed by atoms with van der Waals surface area (Å²) in [6.07, 6.45) is 3.84. The number of carbonyl (C=O) groups is 1. The Hall–Kier alpha value is -2.66. The van der Waals surface area contributed by atoms with Crippen molar-refractivity contribution in [1.29, 1.82) is 0 Å². The third-order valence-electron chi connectivity index (χ3n) is 3.88. The molecule has 0 saturated heterocycles. The van der Waals surface area contributed by atoms with Gasteiger partial charge in [-0.15, -0.1) is 5.10 Å². The summed E-state index contributed by atoms with van der Waals surface area (Å²) < 4.78 is 0. The molecule has 0 aliphatic rings. The molecule has 3 aromatic rings. The van der Waals surface area contributed by atoms with Crippen molar-refractivity contribution in [2.45, 2.75) is 19.0 Å².